The van der Waals surface area contributed by atoms with Gasteiger partial charge >= 0.3 is 0 Å². The van der Waals surface area contributed by atoms with Crippen molar-refractivity contribution in [3.05, 3.63) is 29.8 Å². The molecule has 0 amide bonds. The molecule has 0 saturated heterocycles. The number of nitrogens with two attached hydrogens (primary N) is 1. The topological polar surface area (TPSA) is 50.8 Å². The van der Waals surface area contributed by atoms with Gasteiger partial charge in [-0.15, -0.1) is 0 Å². The highest BCUT2D eigenvalue weighted by atomic mass is 16.5. The third kappa shape index (κ3) is 5.51. The average Bonchev–Trinajstić information content (AvgIpc) is 2.44. The van der Waals surface area contributed by atoms with Crippen LogP contribution in [0, 0.1) is 5.92 Å². The van der Waals surface area contributed by atoms with Crippen molar-refractivity contribution in [2.24, 2.45) is 16.6 Å². The summed E-state index contributed by atoms with van der Waals surface area (Å²) in [5.74, 6) is 2.02. The Morgan fingerprint density at radius 2 is 2.00 bits per heavy atom. The Labute approximate surface area is 122 Å². The molecule has 0 aliphatic carbocycles. The van der Waals surface area contributed by atoms with E-state index >= 15 is 0 Å². The van der Waals surface area contributed by atoms with Gasteiger partial charge in [0.15, 0.2) is 5.96 Å². The molecule has 0 aromatic heterocycles. The first-order valence-corrected chi connectivity index (χ1v) is 7.33. The number of benzene rings is 1. The van der Waals surface area contributed by atoms with Gasteiger partial charge in [-0.25, -0.2) is 4.99 Å². The highest BCUT2D eigenvalue weighted by Crippen LogP contribution is 2.15. The molecule has 0 aliphatic heterocycles. The Hall–Kier alpha value is -1.71. The van der Waals surface area contributed by atoms with Crippen LogP contribution in [0.15, 0.2) is 29.3 Å². The molecular formula is C16H27N3O. The van der Waals surface area contributed by atoms with E-state index in [1.54, 1.807) is 0 Å². The second-order valence-electron chi connectivity index (χ2n) is 5.20. The van der Waals surface area contributed by atoms with E-state index < -0.39 is 0 Å². The minimum atomic E-state index is 0.523. The molecule has 1 rings (SSSR count). The quantitative estimate of drug-likeness (QED) is 0.616. The zero-order valence-corrected chi connectivity index (χ0v) is 13.1. The predicted octanol–water partition coefficient (Wildman–Crippen LogP) is 2.88. The van der Waals surface area contributed by atoms with Crippen LogP contribution < -0.4 is 10.5 Å². The molecule has 20 heavy (non-hydrogen) atoms. The molecule has 0 radical (unpaired) electrons. The normalized spacial score (nSPS) is 11.8. The Bertz CT molecular complexity index is 425. The molecule has 0 spiro atoms. The summed E-state index contributed by atoms with van der Waals surface area (Å²) in [6.45, 7) is 11.5. The molecular weight excluding hydrogens is 250 g/mol. The zero-order valence-electron chi connectivity index (χ0n) is 13.1. The van der Waals surface area contributed by atoms with Crippen LogP contribution in [0.2, 0.25) is 0 Å². The van der Waals surface area contributed by atoms with E-state index in [1.807, 2.05) is 29.2 Å². The number of rotatable bonds is 7. The average molecular weight is 277 g/mol. The third-order valence-electron chi connectivity index (χ3n) is 2.99. The maximum Gasteiger partial charge on any atom is 0.191 e. The molecule has 1 aromatic rings. The van der Waals surface area contributed by atoms with Crippen molar-refractivity contribution in [1.82, 2.24) is 4.90 Å². The lowest BCUT2D eigenvalue weighted by atomic mass is 10.2. The molecule has 0 atom stereocenters. The zero-order chi connectivity index (χ0) is 15.0. The van der Waals surface area contributed by atoms with E-state index in [1.165, 1.54) is 0 Å². The Balaban J connectivity index is 2.64. The summed E-state index contributed by atoms with van der Waals surface area (Å²) in [6.07, 6.45) is 0. The molecule has 1 aromatic carbocycles. The number of ether oxygens (including phenoxy) is 1. The van der Waals surface area contributed by atoms with Gasteiger partial charge in [0.25, 0.3) is 0 Å². The van der Waals surface area contributed by atoms with Crippen molar-refractivity contribution in [3.8, 4) is 5.75 Å². The summed E-state index contributed by atoms with van der Waals surface area (Å²) in [4.78, 5) is 6.48. The first-order chi connectivity index (χ1) is 9.56. The SMILES string of the molecule is CCN(CC)C(N)=NCc1cccc(OCC(C)C)c1. The molecule has 4 nitrogen and oxygen atoms in total. The molecule has 0 heterocycles. The number of aliphatic imine (C=N–C) groups is 1. The summed E-state index contributed by atoms with van der Waals surface area (Å²) < 4.78 is 5.71. The van der Waals surface area contributed by atoms with Crippen molar-refractivity contribution < 1.29 is 4.74 Å². The van der Waals surface area contributed by atoms with Crippen molar-refractivity contribution >= 4 is 5.96 Å². The van der Waals surface area contributed by atoms with Crippen LogP contribution in [0.4, 0.5) is 0 Å². The van der Waals surface area contributed by atoms with Crippen LogP contribution in [0.5, 0.6) is 5.75 Å². The second-order valence-corrected chi connectivity index (χ2v) is 5.20. The molecule has 0 fully saturated rings. The van der Waals surface area contributed by atoms with Gasteiger partial charge in [-0.2, -0.15) is 0 Å². The fourth-order valence-electron chi connectivity index (χ4n) is 1.82. The molecule has 2 N–H and O–H groups in total. The van der Waals surface area contributed by atoms with Gasteiger partial charge < -0.3 is 15.4 Å². The lowest BCUT2D eigenvalue weighted by molar-refractivity contribution is 0.271. The molecule has 112 valence electrons. The summed E-state index contributed by atoms with van der Waals surface area (Å²) in [6, 6.07) is 8.04. The van der Waals surface area contributed by atoms with Gasteiger partial charge in [-0.05, 0) is 37.5 Å². The van der Waals surface area contributed by atoms with E-state index in [0.717, 1.165) is 31.0 Å². The van der Waals surface area contributed by atoms with Gasteiger partial charge in [-0.3, -0.25) is 0 Å². The largest absolute Gasteiger partial charge is 0.493 e. The van der Waals surface area contributed by atoms with Crippen LogP contribution in [-0.2, 0) is 6.54 Å². The van der Waals surface area contributed by atoms with Crippen molar-refractivity contribution in [1.29, 1.82) is 0 Å². The Kier molecular flexibility index (Phi) is 6.91. The fraction of sp³-hybridized carbons (Fsp3) is 0.562. The van der Waals surface area contributed by atoms with E-state index in [0.29, 0.717) is 18.4 Å². The second kappa shape index (κ2) is 8.46. The number of hydrogen-bond donors (Lipinski definition) is 1. The van der Waals surface area contributed by atoms with Crippen molar-refractivity contribution in [2.45, 2.75) is 34.2 Å². The predicted molar refractivity (Wildman–Crippen MR) is 85.0 cm³/mol. The maximum absolute atomic E-state index is 5.97. The summed E-state index contributed by atoms with van der Waals surface area (Å²) in [5.41, 5.74) is 7.08. The van der Waals surface area contributed by atoms with Gasteiger partial charge in [0.2, 0.25) is 0 Å². The standard InChI is InChI=1S/C16H27N3O/c1-5-19(6-2)16(17)18-11-14-8-7-9-15(10-14)20-12-13(3)4/h7-10,13H,5-6,11-12H2,1-4H3,(H2,17,18). The van der Waals surface area contributed by atoms with E-state index in [2.05, 4.69) is 32.7 Å². The lowest BCUT2D eigenvalue weighted by Gasteiger charge is -2.19. The summed E-state index contributed by atoms with van der Waals surface area (Å²) >= 11 is 0. The number of nitrogens with zero attached hydrogens (tertiary/aromatic N) is 2. The van der Waals surface area contributed by atoms with Crippen LogP contribution >= 0.6 is 0 Å². The fourth-order valence-corrected chi connectivity index (χ4v) is 1.82. The Morgan fingerprint density at radius 1 is 1.30 bits per heavy atom. The van der Waals surface area contributed by atoms with E-state index in [4.69, 9.17) is 10.5 Å². The first-order valence-electron chi connectivity index (χ1n) is 7.33. The first kappa shape index (κ1) is 16.3. The highest BCUT2D eigenvalue weighted by molar-refractivity contribution is 5.78. The summed E-state index contributed by atoms with van der Waals surface area (Å²) in [7, 11) is 0. The molecule has 0 unspecified atom stereocenters. The minimum Gasteiger partial charge on any atom is -0.493 e. The summed E-state index contributed by atoms with van der Waals surface area (Å²) in [5, 5.41) is 0. The van der Waals surface area contributed by atoms with Gasteiger partial charge in [0.1, 0.15) is 5.75 Å². The van der Waals surface area contributed by atoms with Gasteiger partial charge in [0, 0.05) is 13.1 Å². The van der Waals surface area contributed by atoms with E-state index in [9.17, 15) is 0 Å². The molecule has 0 bridgehead atoms. The van der Waals surface area contributed by atoms with Crippen molar-refractivity contribution in [2.75, 3.05) is 19.7 Å². The van der Waals surface area contributed by atoms with Crippen LogP contribution in [0.1, 0.15) is 33.3 Å². The van der Waals surface area contributed by atoms with Crippen LogP contribution in [-0.4, -0.2) is 30.6 Å². The maximum atomic E-state index is 5.97. The molecule has 4 heteroatoms. The number of guanidine groups is 1. The monoisotopic (exact) mass is 277 g/mol. The van der Waals surface area contributed by atoms with E-state index in [-0.39, 0.29) is 0 Å². The lowest BCUT2D eigenvalue weighted by Crippen LogP contribution is -2.37. The minimum absolute atomic E-state index is 0.523. The molecule has 0 saturated carbocycles. The molecule has 0 aliphatic rings. The Morgan fingerprint density at radius 3 is 2.60 bits per heavy atom. The van der Waals surface area contributed by atoms with Crippen LogP contribution in [0.3, 0.4) is 0 Å². The van der Waals surface area contributed by atoms with Crippen LogP contribution in [0.25, 0.3) is 0 Å². The highest BCUT2D eigenvalue weighted by Gasteiger charge is 2.03. The van der Waals surface area contributed by atoms with Crippen molar-refractivity contribution in [3.63, 3.8) is 0 Å². The van der Waals surface area contributed by atoms with Gasteiger partial charge in [-0.1, -0.05) is 26.0 Å². The smallest absolute Gasteiger partial charge is 0.191 e. The van der Waals surface area contributed by atoms with Gasteiger partial charge in [0.05, 0.1) is 13.2 Å². The number of hydrogen-bond acceptors (Lipinski definition) is 2. The third-order valence-corrected chi connectivity index (χ3v) is 2.99.